The van der Waals surface area contributed by atoms with Gasteiger partial charge in [-0.05, 0) is 44.2 Å². The minimum Gasteiger partial charge on any atom is -0.492 e. The molecule has 0 aliphatic heterocycles. The molecule has 106 valence electrons. The van der Waals surface area contributed by atoms with Gasteiger partial charge in [0.05, 0.1) is 6.10 Å². The van der Waals surface area contributed by atoms with Gasteiger partial charge in [0.1, 0.15) is 12.4 Å². The van der Waals surface area contributed by atoms with Gasteiger partial charge in [-0.15, -0.1) is 0 Å². The lowest BCUT2D eigenvalue weighted by atomic mass is 10.2. The van der Waals surface area contributed by atoms with Crippen molar-refractivity contribution in [2.45, 2.75) is 19.4 Å². The summed E-state index contributed by atoms with van der Waals surface area (Å²) in [4.78, 5) is 0. The minimum atomic E-state index is -0.278. The number of nitrogens with one attached hydrogen (secondary N) is 1. The molecule has 6 heteroatoms. The van der Waals surface area contributed by atoms with Crippen LogP contribution in [0.15, 0.2) is 29.4 Å². The Bertz CT molecular complexity index is 391. The molecule has 0 bridgehead atoms. The number of amidine groups is 1. The summed E-state index contributed by atoms with van der Waals surface area (Å²) < 4.78 is 5.51. The smallest absolute Gasteiger partial charge is 0.170 e. The lowest BCUT2D eigenvalue weighted by Gasteiger charge is -2.09. The van der Waals surface area contributed by atoms with Crippen molar-refractivity contribution in [3.05, 3.63) is 29.8 Å². The van der Waals surface area contributed by atoms with Gasteiger partial charge in [0.15, 0.2) is 5.84 Å². The van der Waals surface area contributed by atoms with E-state index in [1.165, 1.54) is 0 Å². The molecule has 0 saturated carbocycles. The van der Waals surface area contributed by atoms with E-state index in [1.54, 1.807) is 31.2 Å². The third-order valence-electron chi connectivity index (χ3n) is 2.54. The lowest BCUT2D eigenvalue weighted by molar-refractivity contribution is 0.182. The highest BCUT2D eigenvalue weighted by Crippen LogP contribution is 2.11. The third-order valence-corrected chi connectivity index (χ3v) is 2.54. The zero-order chi connectivity index (χ0) is 14.1. The topological polar surface area (TPSA) is 100 Å². The molecule has 1 aromatic rings. The Balaban J connectivity index is 2.23. The van der Waals surface area contributed by atoms with Crippen LogP contribution in [0, 0.1) is 0 Å². The second-order valence-corrected chi connectivity index (χ2v) is 4.25. The Morgan fingerprint density at radius 3 is 2.63 bits per heavy atom. The summed E-state index contributed by atoms with van der Waals surface area (Å²) >= 11 is 0. The normalized spacial score (nSPS) is 13.3. The fraction of sp³-hybridized carbons (Fsp3) is 0.462. The molecule has 0 heterocycles. The molecular formula is C13H21N3O3. The molecule has 6 nitrogen and oxygen atoms in total. The highest BCUT2D eigenvalue weighted by atomic mass is 16.5. The highest BCUT2D eigenvalue weighted by molar-refractivity contribution is 5.97. The monoisotopic (exact) mass is 267 g/mol. The fourth-order valence-corrected chi connectivity index (χ4v) is 1.46. The van der Waals surface area contributed by atoms with Crippen molar-refractivity contribution in [2.75, 3.05) is 19.7 Å². The summed E-state index contributed by atoms with van der Waals surface area (Å²) in [6.45, 7) is 3.79. The van der Waals surface area contributed by atoms with Crippen molar-refractivity contribution in [2.24, 2.45) is 10.9 Å². The molecule has 0 aliphatic rings. The molecule has 0 aromatic heterocycles. The van der Waals surface area contributed by atoms with Gasteiger partial charge in [0.25, 0.3) is 0 Å². The Morgan fingerprint density at radius 2 is 2.05 bits per heavy atom. The van der Waals surface area contributed by atoms with E-state index in [4.69, 9.17) is 20.8 Å². The zero-order valence-corrected chi connectivity index (χ0v) is 11.0. The maximum absolute atomic E-state index is 9.07. The molecule has 0 amide bonds. The maximum Gasteiger partial charge on any atom is 0.170 e. The van der Waals surface area contributed by atoms with E-state index in [-0.39, 0.29) is 11.9 Å². The van der Waals surface area contributed by atoms with Crippen LogP contribution in [0.3, 0.4) is 0 Å². The van der Waals surface area contributed by atoms with Crippen LogP contribution in [-0.2, 0) is 0 Å². The van der Waals surface area contributed by atoms with Gasteiger partial charge in [-0.2, -0.15) is 0 Å². The van der Waals surface area contributed by atoms with Gasteiger partial charge in [0.2, 0.25) is 0 Å². The van der Waals surface area contributed by atoms with E-state index < -0.39 is 0 Å². The maximum atomic E-state index is 9.07. The lowest BCUT2D eigenvalue weighted by Crippen LogP contribution is -2.24. The largest absolute Gasteiger partial charge is 0.492 e. The summed E-state index contributed by atoms with van der Waals surface area (Å²) in [6, 6.07) is 6.99. The predicted octanol–water partition coefficient (Wildman–Crippen LogP) is 0.520. The number of rotatable bonds is 8. The van der Waals surface area contributed by atoms with Gasteiger partial charge in [-0.1, -0.05) is 5.16 Å². The number of hydrogen-bond acceptors (Lipinski definition) is 5. The summed E-state index contributed by atoms with van der Waals surface area (Å²) in [6.07, 6.45) is 0.452. The van der Waals surface area contributed by atoms with E-state index in [1.807, 2.05) is 0 Å². The van der Waals surface area contributed by atoms with E-state index in [0.717, 1.165) is 18.7 Å². The van der Waals surface area contributed by atoms with Crippen LogP contribution in [0.5, 0.6) is 5.75 Å². The van der Waals surface area contributed by atoms with Gasteiger partial charge in [0, 0.05) is 12.1 Å². The number of nitrogens with two attached hydrogens (primary N) is 1. The van der Waals surface area contributed by atoms with Crippen LogP contribution in [0.2, 0.25) is 0 Å². The number of aliphatic hydroxyl groups is 1. The third kappa shape index (κ3) is 6.08. The first-order valence-corrected chi connectivity index (χ1v) is 6.23. The molecular weight excluding hydrogens is 246 g/mol. The van der Waals surface area contributed by atoms with Crippen LogP contribution in [0.1, 0.15) is 18.9 Å². The number of benzene rings is 1. The quantitative estimate of drug-likeness (QED) is 0.181. The second kappa shape index (κ2) is 8.34. The summed E-state index contributed by atoms with van der Waals surface area (Å²) in [5.41, 5.74) is 6.10. The van der Waals surface area contributed by atoms with Crippen LogP contribution in [-0.4, -0.2) is 41.9 Å². The van der Waals surface area contributed by atoms with Gasteiger partial charge in [-0.3, -0.25) is 0 Å². The number of hydrogen-bond donors (Lipinski definition) is 4. The molecule has 5 N–H and O–H groups in total. The average molecular weight is 267 g/mol. The summed E-state index contributed by atoms with van der Waals surface area (Å²) in [5.74, 6) is 0.804. The molecule has 0 aliphatic carbocycles. The van der Waals surface area contributed by atoms with Crippen LogP contribution >= 0.6 is 0 Å². The number of nitrogens with zero attached hydrogens (tertiary/aromatic N) is 1. The summed E-state index contributed by atoms with van der Waals surface area (Å²) in [5, 5.41) is 23.7. The van der Waals surface area contributed by atoms with Crippen molar-refractivity contribution >= 4 is 5.84 Å². The summed E-state index contributed by atoms with van der Waals surface area (Å²) in [7, 11) is 0. The van der Waals surface area contributed by atoms with Crippen molar-refractivity contribution in [1.82, 2.24) is 5.32 Å². The Hall–Kier alpha value is -1.79. The molecule has 1 rings (SSSR count). The molecule has 1 unspecified atom stereocenters. The number of aliphatic hydroxyl groups excluding tert-OH is 1. The molecule has 0 radical (unpaired) electrons. The standard InChI is InChI=1S/C13H21N3O3/c1-10(17)6-7-15-8-9-19-12-4-2-11(3-5-12)13(14)16-18/h2-5,10,15,17-18H,6-9H2,1H3,(H2,14,16). The van der Waals surface area contributed by atoms with Gasteiger partial charge in [-0.25, -0.2) is 0 Å². The van der Waals surface area contributed by atoms with Crippen molar-refractivity contribution in [3.63, 3.8) is 0 Å². The molecule has 0 spiro atoms. The SMILES string of the molecule is CC(O)CCNCCOc1ccc(C(N)=NO)cc1. The fourth-order valence-electron chi connectivity index (χ4n) is 1.46. The van der Waals surface area contributed by atoms with Gasteiger partial charge < -0.3 is 26.1 Å². The van der Waals surface area contributed by atoms with Crippen molar-refractivity contribution in [3.8, 4) is 5.75 Å². The van der Waals surface area contributed by atoms with E-state index >= 15 is 0 Å². The molecule has 19 heavy (non-hydrogen) atoms. The zero-order valence-electron chi connectivity index (χ0n) is 11.0. The second-order valence-electron chi connectivity index (χ2n) is 4.25. The Kier molecular flexibility index (Phi) is 6.70. The molecule has 0 saturated heterocycles. The minimum absolute atomic E-state index is 0.0753. The van der Waals surface area contributed by atoms with Gasteiger partial charge >= 0.3 is 0 Å². The Labute approximate surface area is 112 Å². The predicted molar refractivity (Wildman–Crippen MR) is 73.6 cm³/mol. The highest BCUT2D eigenvalue weighted by Gasteiger charge is 2.00. The van der Waals surface area contributed by atoms with Crippen LogP contribution < -0.4 is 15.8 Å². The number of oxime groups is 1. The molecule has 1 atom stereocenters. The van der Waals surface area contributed by atoms with E-state index in [2.05, 4.69) is 10.5 Å². The van der Waals surface area contributed by atoms with E-state index in [9.17, 15) is 0 Å². The Morgan fingerprint density at radius 1 is 1.37 bits per heavy atom. The van der Waals surface area contributed by atoms with E-state index in [0.29, 0.717) is 18.7 Å². The first kappa shape index (κ1) is 15.3. The average Bonchev–Trinajstić information content (AvgIpc) is 2.42. The number of ether oxygens (including phenoxy) is 1. The first-order valence-electron chi connectivity index (χ1n) is 6.23. The van der Waals surface area contributed by atoms with Crippen molar-refractivity contribution < 1.29 is 15.1 Å². The molecule has 0 fully saturated rings. The van der Waals surface area contributed by atoms with Crippen LogP contribution in [0.25, 0.3) is 0 Å². The molecule has 1 aromatic carbocycles. The van der Waals surface area contributed by atoms with Crippen molar-refractivity contribution in [1.29, 1.82) is 0 Å². The van der Waals surface area contributed by atoms with Crippen LogP contribution in [0.4, 0.5) is 0 Å². The first-order chi connectivity index (χ1) is 9.13.